The second kappa shape index (κ2) is 6.38. The van der Waals surface area contributed by atoms with Crippen LogP contribution in [0.2, 0.25) is 0 Å². The number of methoxy groups -OCH3 is 2. The molecule has 0 amide bonds. The number of benzene rings is 1. The van der Waals surface area contributed by atoms with Crippen LogP contribution in [-0.2, 0) is 6.42 Å². The van der Waals surface area contributed by atoms with Gasteiger partial charge in [-0.3, -0.25) is 0 Å². The van der Waals surface area contributed by atoms with Crippen molar-refractivity contribution in [3.63, 3.8) is 0 Å². The molecule has 6 nitrogen and oxygen atoms in total. The molecule has 6 heteroatoms. The standard InChI is InChI=1S/C14H18N2O4/c1-4-10(17)14-15-13(20-16-14)8-9-5-6-11(18-2)12(7-9)19-3/h5-7,10,17H,4,8H2,1-3H3. The molecular formula is C14H18N2O4. The molecule has 0 fully saturated rings. The van der Waals surface area contributed by atoms with Gasteiger partial charge in [0.15, 0.2) is 17.3 Å². The Hall–Kier alpha value is -2.08. The maximum atomic E-state index is 9.64. The highest BCUT2D eigenvalue weighted by molar-refractivity contribution is 5.43. The lowest BCUT2D eigenvalue weighted by Crippen LogP contribution is -1.98. The van der Waals surface area contributed by atoms with Gasteiger partial charge in [-0.15, -0.1) is 0 Å². The number of ether oxygens (including phenoxy) is 2. The van der Waals surface area contributed by atoms with Crippen molar-refractivity contribution in [1.29, 1.82) is 0 Å². The molecule has 1 N–H and O–H groups in total. The topological polar surface area (TPSA) is 77.6 Å². The Morgan fingerprint density at radius 2 is 2.00 bits per heavy atom. The van der Waals surface area contributed by atoms with Crippen LogP contribution in [0, 0.1) is 0 Å². The van der Waals surface area contributed by atoms with Gasteiger partial charge in [0.25, 0.3) is 0 Å². The van der Waals surface area contributed by atoms with Gasteiger partial charge in [-0.1, -0.05) is 18.1 Å². The van der Waals surface area contributed by atoms with E-state index in [1.165, 1.54) is 0 Å². The van der Waals surface area contributed by atoms with Crippen LogP contribution in [-0.4, -0.2) is 29.5 Å². The van der Waals surface area contributed by atoms with Gasteiger partial charge in [0.05, 0.1) is 20.6 Å². The molecule has 108 valence electrons. The number of aliphatic hydroxyl groups excluding tert-OH is 1. The van der Waals surface area contributed by atoms with Crippen molar-refractivity contribution in [2.45, 2.75) is 25.9 Å². The van der Waals surface area contributed by atoms with E-state index in [1.54, 1.807) is 14.2 Å². The Bertz CT molecular complexity index is 568. The van der Waals surface area contributed by atoms with Crippen molar-refractivity contribution in [3.8, 4) is 11.5 Å². The quantitative estimate of drug-likeness (QED) is 0.872. The highest BCUT2D eigenvalue weighted by Gasteiger charge is 2.14. The lowest BCUT2D eigenvalue weighted by Gasteiger charge is -2.08. The Balaban J connectivity index is 2.15. The van der Waals surface area contributed by atoms with Crippen molar-refractivity contribution in [3.05, 3.63) is 35.5 Å². The molecule has 0 saturated carbocycles. The molecule has 0 aliphatic rings. The first kappa shape index (κ1) is 14.3. The van der Waals surface area contributed by atoms with Crippen LogP contribution in [0.15, 0.2) is 22.7 Å². The van der Waals surface area contributed by atoms with Crippen molar-refractivity contribution in [1.82, 2.24) is 10.1 Å². The fourth-order valence-corrected chi connectivity index (χ4v) is 1.82. The molecule has 1 aromatic heterocycles. The van der Waals surface area contributed by atoms with E-state index in [2.05, 4.69) is 10.1 Å². The zero-order valence-corrected chi connectivity index (χ0v) is 11.8. The van der Waals surface area contributed by atoms with E-state index in [0.717, 1.165) is 5.56 Å². The first-order valence-electron chi connectivity index (χ1n) is 6.39. The van der Waals surface area contributed by atoms with Crippen molar-refractivity contribution >= 4 is 0 Å². The van der Waals surface area contributed by atoms with Crippen molar-refractivity contribution in [2.75, 3.05) is 14.2 Å². The van der Waals surface area contributed by atoms with Crippen LogP contribution in [0.3, 0.4) is 0 Å². The van der Waals surface area contributed by atoms with Crippen LogP contribution in [0.1, 0.15) is 36.7 Å². The van der Waals surface area contributed by atoms with E-state index >= 15 is 0 Å². The SMILES string of the molecule is CCC(O)c1noc(Cc2ccc(OC)c(OC)c2)n1. The zero-order chi connectivity index (χ0) is 14.5. The minimum atomic E-state index is -0.682. The van der Waals surface area contributed by atoms with Crippen molar-refractivity contribution < 1.29 is 19.1 Å². The lowest BCUT2D eigenvalue weighted by molar-refractivity contribution is 0.159. The molecule has 1 atom stereocenters. The first-order valence-corrected chi connectivity index (χ1v) is 6.39. The first-order chi connectivity index (χ1) is 9.67. The maximum absolute atomic E-state index is 9.64. The van der Waals surface area contributed by atoms with E-state index in [4.69, 9.17) is 14.0 Å². The van der Waals surface area contributed by atoms with E-state index in [1.807, 2.05) is 25.1 Å². The number of rotatable bonds is 6. The van der Waals surface area contributed by atoms with Gasteiger partial charge in [0.1, 0.15) is 6.10 Å². The van der Waals surface area contributed by atoms with Gasteiger partial charge in [0.2, 0.25) is 5.89 Å². The molecule has 1 aromatic carbocycles. The molecule has 0 radical (unpaired) electrons. The summed E-state index contributed by atoms with van der Waals surface area (Å²) in [6, 6.07) is 5.59. The maximum Gasteiger partial charge on any atom is 0.231 e. The number of aliphatic hydroxyl groups is 1. The van der Waals surface area contributed by atoms with Crippen LogP contribution in [0.4, 0.5) is 0 Å². The monoisotopic (exact) mass is 278 g/mol. The summed E-state index contributed by atoms with van der Waals surface area (Å²) in [6.07, 6.45) is 0.344. The van der Waals surface area contributed by atoms with Gasteiger partial charge in [-0.25, -0.2) is 0 Å². The molecule has 0 bridgehead atoms. The van der Waals surface area contributed by atoms with Crippen LogP contribution in [0.25, 0.3) is 0 Å². The zero-order valence-electron chi connectivity index (χ0n) is 11.8. The second-order valence-electron chi connectivity index (χ2n) is 4.34. The van der Waals surface area contributed by atoms with Crippen LogP contribution < -0.4 is 9.47 Å². The van der Waals surface area contributed by atoms with E-state index in [9.17, 15) is 5.11 Å². The fourth-order valence-electron chi connectivity index (χ4n) is 1.82. The summed E-state index contributed by atoms with van der Waals surface area (Å²) in [5, 5.41) is 13.4. The third kappa shape index (κ3) is 3.08. The largest absolute Gasteiger partial charge is 0.493 e. The average molecular weight is 278 g/mol. The lowest BCUT2D eigenvalue weighted by atomic mass is 10.1. The third-order valence-corrected chi connectivity index (χ3v) is 2.97. The summed E-state index contributed by atoms with van der Waals surface area (Å²) in [5.41, 5.74) is 0.962. The molecular weight excluding hydrogens is 260 g/mol. The minimum absolute atomic E-state index is 0.322. The molecule has 2 rings (SSSR count). The summed E-state index contributed by atoms with van der Waals surface area (Å²) in [4.78, 5) is 4.17. The Morgan fingerprint density at radius 1 is 1.25 bits per heavy atom. The van der Waals surface area contributed by atoms with Gasteiger partial charge in [-0.05, 0) is 24.1 Å². The number of hydrogen-bond donors (Lipinski definition) is 1. The van der Waals surface area contributed by atoms with Gasteiger partial charge < -0.3 is 19.1 Å². The molecule has 0 saturated heterocycles. The Kier molecular flexibility index (Phi) is 4.57. The average Bonchev–Trinajstić information content (AvgIpc) is 2.94. The number of nitrogens with zero attached hydrogens (tertiary/aromatic N) is 2. The molecule has 0 spiro atoms. The predicted molar refractivity (Wildman–Crippen MR) is 71.9 cm³/mol. The third-order valence-electron chi connectivity index (χ3n) is 2.97. The van der Waals surface area contributed by atoms with Crippen LogP contribution in [0.5, 0.6) is 11.5 Å². The minimum Gasteiger partial charge on any atom is -0.493 e. The molecule has 2 aromatic rings. The fraction of sp³-hybridized carbons (Fsp3) is 0.429. The van der Waals surface area contributed by atoms with E-state index in [0.29, 0.717) is 36.1 Å². The summed E-state index contributed by atoms with van der Waals surface area (Å²) in [7, 11) is 3.18. The molecule has 1 heterocycles. The van der Waals surface area contributed by atoms with Gasteiger partial charge in [-0.2, -0.15) is 4.98 Å². The smallest absolute Gasteiger partial charge is 0.231 e. The molecule has 0 aliphatic heterocycles. The predicted octanol–water partition coefficient (Wildman–Crippen LogP) is 2.12. The summed E-state index contributed by atoms with van der Waals surface area (Å²) >= 11 is 0. The molecule has 20 heavy (non-hydrogen) atoms. The Labute approximate surface area is 117 Å². The summed E-state index contributed by atoms with van der Waals surface area (Å²) < 4.78 is 15.6. The van der Waals surface area contributed by atoms with E-state index in [-0.39, 0.29) is 0 Å². The number of aromatic nitrogens is 2. The van der Waals surface area contributed by atoms with Gasteiger partial charge in [0, 0.05) is 0 Å². The van der Waals surface area contributed by atoms with Gasteiger partial charge >= 0.3 is 0 Å². The highest BCUT2D eigenvalue weighted by atomic mass is 16.5. The normalized spacial score (nSPS) is 12.2. The number of hydrogen-bond acceptors (Lipinski definition) is 6. The summed E-state index contributed by atoms with van der Waals surface area (Å²) in [5.74, 6) is 2.10. The second-order valence-corrected chi connectivity index (χ2v) is 4.34. The molecule has 1 unspecified atom stereocenters. The van der Waals surface area contributed by atoms with Crippen molar-refractivity contribution in [2.24, 2.45) is 0 Å². The highest BCUT2D eigenvalue weighted by Crippen LogP contribution is 2.28. The molecule has 0 aliphatic carbocycles. The summed E-state index contributed by atoms with van der Waals surface area (Å²) in [6.45, 7) is 1.86. The Morgan fingerprint density at radius 3 is 2.65 bits per heavy atom. The van der Waals surface area contributed by atoms with E-state index < -0.39 is 6.10 Å². The van der Waals surface area contributed by atoms with Crippen LogP contribution >= 0.6 is 0 Å².